The fourth-order valence-corrected chi connectivity index (χ4v) is 4.37. The van der Waals surface area contributed by atoms with Crippen molar-refractivity contribution < 1.29 is 9.21 Å². The molecule has 2 aromatic heterocycles. The summed E-state index contributed by atoms with van der Waals surface area (Å²) in [5.41, 5.74) is 3.99. The number of aryl methyl sites for hydroxylation is 2. The number of carbonyl (C=O) groups is 1. The van der Waals surface area contributed by atoms with Gasteiger partial charge >= 0.3 is 0 Å². The van der Waals surface area contributed by atoms with Crippen molar-refractivity contribution in [3.05, 3.63) is 83.8 Å². The van der Waals surface area contributed by atoms with Crippen LogP contribution in [-0.2, 0) is 11.3 Å². The number of amides is 1. The summed E-state index contributed by atoms with van der Waals surface area (Å²) in [5.74, 6) is 1.57. The summed E-state index contributed by atoms with van der Waals surface area (Å²) in [7, 11) is 0. The van der Waals surface area contributed by atoms with Crippen molar-refractivity contribution >= 4 is 23.4 Å². The lowest BCUT2D eigenvalue weighted by atomic mass is 10.1. The van der Waals surface area contributed by atoms with Gasteiger partial charge in [0.05, 0.1) is 31.1 Å². The zero-order valence-corrected chi connectivity index (χ0v) is 20.0. The van der Waals surface area contributed by atoms with Crippen LogP contribution in [0.2, 0.25) is 0 Å². The van der Waals surface area contributed by atoms with Crippen molar-refractivity contribution in [2.75, 3.05) is 17.2 Å². The lowest BCUT2D eigenvalue weighted by Gasteiger charge is -2.22. The summed E-state index contributed by atoms with van der Waals surface area (Å²) in [4.78, 5) is 14.9. The SMILES string of the molecule is Cc1ccc(N(CCC#N)C(=O)CSc2nnc(-c3ccccc3)n2Cc2ccco2)cc1C. The first-order valence-corrected chi connectivity index (χ1v) is 11.9. The number of nitriles is 1. The Labute approximate surface area is 203 Å². The molecule has 0 N–H and O–H groups in total. The van der Waals surface area contributed by atoms with Crippen LogP contribution in [-0.4, -0.2) is 33.0 Å². The number of nitrogens with zero attached hydrogens (tertiary/aromatic N) is 5. The van der Waals surface area contributed by atoms with Gasteiger partial charge in [0.25, 0.3) is 0 Å². The van der Waals surface area contributed by atoms with E-state index in [1.54, 1.807) is 11.2 Å². The maximum absolute atomic E-state index is 13.2. The number of benzene rings is 2. The van der Waals surface area contributed by atoms with Gasteiger partial charge in [-0.25, -0.2) is 0 Å². The van der Waals surface area contributed by atoms with Crippen molar-refractivity contribution in [2.45, 2.75) is 32.0 Å². The second kappa shape index (κ2) is 10.9. The van der Waals surface area contributed by atoms with Crippen molar-refractivity contribution in [3.63, 3.8) is 0 Å². The van der Waals surface area contributed by atoms with Crippen molar-refractivity contribution in [3.8, 4) is 17.5 Å². The van der Waals surface area contributed by atoms with Crippen molar-refractivity contribution in [1.29, 1.82) is 5.26 Å². The maximum atomic E-state index is 13.2. The molecule has 0 fully saturated rings. The van der Waals surface area contributed by atoms with Gasteiger partial charge < -0.3 is 9.32 Å². The Balaban J connectivity index is 1.57. The molecular formula is C26H25N5O2S. The first-order chi connectivity index (χ1) is 16.6. The van der Waals surface area contributed by atoms with Gasteiger partial charge in [-0.15, -0.1) is 10.2 Å². The van der Waals surface area contributed by atoms with Crippen molar-refractivity contribution in [1.82, 2.24) is 14.8 Å². The topological polar surface area (TPSA) is 88.0 Å². The molecule has 0 unspecified atom stereocenters. The van der Waals surface area contributed by atoms with Crippen LogP contribution in [0.25, 0.3) is 11.4 Å². The fourth-order valence-electron chi connectivity index (χ4n) is 3.55. The highest BCUT2D eigenvalue weighted by molar-refractivity contribution is 7.99. The molecule has 7 nitrogen and oxygen atoms in total. The average Bonchev–Trinajstić information content (AvgIpc) is 3.51. The van der Waals surface area contributed by atoms with Gasteiger partial charge in [-0.05, 0) is 49.2 Å². The Bertz CT molecular complexity index is 1290. The number of hydrogen-bond acceptors (Lipinski definition) is 6. The molecule has 0 radical (unpaired) electrons. The van der Waals surface area contributed by atoms with E-state index in [0.29, 0.717) is 24.1 Å². The molecule has 0 saturated heterocycles. The number of thioether (sulfide) groups is 1. The van der Waals surface area contributed by atoms with Gasteiger partial charge in [-0.1, -0.05) is 48.2 Å². The molecule has 4 rings (SSSR count). The van der Waals surface area contributed by atoms with Crippen LogP contribution in [0.5, 0.6) is 0 Å². The molecule has 2 heterocycles. The maximum Gasteiger partial charge on any atom is 0.237 e. The Morgan fingerprint density at radius 1 is 1.09 bits per heavy atom. The smallest absolute Gasteiger partial charge is 0.237 e. The molecule has 4 aromatic rings. The van der Waals surface area contributed by atoms with E-state index in [1.165, 1.54) is 11.8 Å². The first-order valence-electron chi connectivity index (χ1n) is 10.9. The minimum Gasteiger partial charge on any atom is -0.467 e. The number of anilines is 1. The van der Waals surface area contributed by atoms with Crippen LogP contribution in [0.1, 0.15) is 23.3 Å². The number of furan rings is 1. The van der Waals surface area contributed by atoms with Gasteiger partial charge in [-0.3, -0.25) is 9.36 Å². The van der Waals surface area contributed by atoms with Crippen LogP contribution in [0.15, 0.2) is 76.5 Å². The summed E-state index contributed by atoms with van der Waals surface area (Å²) >= 11 is 1.33. The van der Waals surface area contributed by atoms with Gasteiger partial charge in [0.2, 0.25) is 5.91 Å². The van der Waals surface area contributed by atoms with E-state index < -0.39 is 0 Å². The molecule has 34 heavy (non-hydrogen) atoms. The molecular weight excluding hydrogens is 446 g/mol. The second-order valence-corrected chi connectivity index (χ2v) is 8.79. The third-order valence-electron chi connectivity index (χ3n) is 5.52. The highest BCUT2D eigenvalue weighted by Gasteiger charge is 2.20. The number of carbonyl (C=O) groups excluding carboxylic acids is 1. The zero-order chi connectivity index (χ0) is 23.9. The number of aromatic nitrogens is 3. The lowest BCUT2D eigenvalue weighted by Crippen LogP contribution is -2.33. The Morgan fingerprint density at radius 3 is 2.62 bits per heavy atom. The largest absolute Gasteiger partial charge is 0.467 e. The van der Waals surface area contributed by atoms with Gasteiger partial charge in [-0.2, -0.15) is 5.26 Å². The Morgan fingerprint density at radius 2 is 1.91 bits per heavy atom. The van der Waals surface area contributed by atoms with E-state index in [9.17, 15) is 4.79 Å². The van der Waals surface area contributed by atoms with Crippen LogP contribution in [0.3, 0.4) is 0 Å². The molecule has 2 aromatic carbocycles. The lowest BCUT2D eigenvalue weighted by molar-refractivity contribution is -0.116. The normalized spacial score (nSPS) is 10.7. The third kappa shape index (κ3) is 5.38. The summed E-state index contributed by atoms with van der Waals surface area (Å²) < 4.78 is 7.51. The molecule has 0 saturated carbocycles. The third-order valence-corrected chi connectivity index (χ3v) is 6.47. The molecule has 0 atom stereocenters. The van der Waals surface area contributed by atoms with E-state index in [1.807, 2.05) is 79.1 Å². The van der Waals surface area contributed by atoms with Crippen LogP contribution < -0.4 is 4.90 Å². The quantitative estimate of drug-likeness (QED) is 0.310. The highest BCUT2D eigenvalue weighted by Crippen LogP contribution is 2.27. The monoisotopic (exact) mass is 471 g/mol. The molecule has 0 aliphatic heterocycles. The summed E-state index contributed by atoms with van der Waals surface area (Å²) in [6, 6.07) is 21.6. The molecule has 1 amide bonds. The van der Waals surface area contributed by atoms with E-state index >= 15 is 0 Å². The van der Waals surface area contributed by atoms with Crippen LogP contribution >= 0.6 is 11.8 Å². The predicted octanol–water partition coefficient (Wildman–Crippen LogP) is 5.24. The van der Waals surface area contributed by atoms with Gasteiger partial charge in [0.1, 0.15) is 5.76 Å². The standard InChI is InChI=1S/C26H25N5O2S/c1-19-11-12-22(16-20(19)2)30(14-7-13-27)24(32)18-34-26-29-28-25(21-8-4-3-5-9-21)31(26)17-23-10-6-15-33-23/h3-6,8-12,15-16H,7,14,17-18H2,1-2H3. The van der Waals surface area contributed by atoms with E-state index in [2.05, 4.69) is 16.3 Å². The van der Waals surface area contributed by atoms with Crippen LogP contribution in [0.4, 0.5) is 5.69 Å². The van der Waals surface area contributed by atoms with Crippen molar-refractivity contribution in [2.24, 2.45) is 0 Å². The first kappa shape index (κ1) is 23.3. The van der Waals surface area contributed by atoms with E-state index in [0.717, 1.165) is 28.1 Å². The van der Waals surface area contributed by atoms with Gasteiger partial charge in [0, 0.05) is 17.8 Å². The Hall–Kier alpha value is -3.83. The average molecular weight is 472 g/mol. The molecule has 0 bridgehead atoms. The summed E-state index contributed by atoms with van der Waals surface area (Å²) in [6.07, 6.45) is 1.89. The molecule has 0 spiro atoms. The summed E-state index contributed by atoms with van der Waals surface area (Å²) in [6.45, 7) is 4.85. The number of rotatable bonds is 9. The number of hydrogen-bond donors (Lipinski definition) is 0. The minimum atomic E-state index is -0.0858. The Kier molecular flexibility index (Phi) is 7.45. The second-order valence-electron chi connectivity index (χ2n) is 7.85. The molecule has 8 heteroatoms. The molecule has 172 valence electrons. The molecule has 0 aliphatic rings. The van der Waals surface area contributed by atoms with E-state index in [4.69, 9.17) is 9.68 Å². The minimum absolute atomic E-state index is 0.0858. The molecule has 0 aliphatic carbocycles. The van der Waals surface area contributed by atoms with Gasteiger partial charge in [0.15, 0.2) is 11.0 Å². The fraction of sp³-hybridized carbons (Fsp3) is 0.231. The van der Waals surface area contributed by atoms with E-state index in [-0.39, 0.29) is 18.1 Å². The zero-order valence-electron chi connectivity index (χ0n) is 19.1. The van der Waals surface area contributed by atoms with Crippen LogP contribution in [0, 0.1) is 25.2 Å². The summed E-state index contributed by atoms with van der Waals surface area (Å²) in [5, 5.41) is 18.5. The predicted molar refractivity (Wildman–Crippen MR) is 132 cm³/mol. The highest BCUT2D eigenvalue weighted by atomic mass is 32.2.